The van der Waals surface area contributed by atoms with Gasteiger partial charge in [-0.1, -0.05) is 24.4 Å². The molecule has 0 fully saturated rings. The zero-order valence-electron chi connectivity index (χ0n) is 12.0. The fraction of sp³-hybridized carbons (Fsp3) is 0.533. The average Bonchev–Trinajstić information content (AvgIpc) is 2.46. The maximum Gasteiger partial charge on any atom is 0.166 e. The van der Waals surface area contributed by atoms with Crippen LogP contribution in [-0.4, -0.2) is 34.1 Å². The molecule has 0 radical (unpaired) electrons. The highest BCUT2D eigenvalue weighted by Crippen LogP contribution is 2.09. The molecule has 0 amide bonds. The van der Waals surface area contributed by atoms with Crippen LogP contribution in [0.25, 0.3) is 0 Å². The van der Waals surface area contributed by atoms with E-state index in [9.17, 15) is 0 Å². The monoisotopic (exact) mass is 422 g/mol. The van der Waals surface area contributed by atoms with Crippen molar-refractivity contribution in [1.29, 1.82) is 0 Å². The van der Waals surface area contributed by atoms with Gasteiger partial charge in [0.1, 0.15) is 0 Å². The molecule has 1 aromatic carbocycles. The third kappa shape index (κ3) is 8.67. The van der Waals surface area contributed by atoms with Gasteiger partial charge in [0.15, 0.2) is 6.29 Å². The minimum absolute atomic E-state index is 0.558. The maximum atomic E-state index is 8.85. The molecule has 5 N–H and O–H groups in total. The van der Waals surface area contributed by atoms with Crippen molar-refractivity contribution in [3.05, 3.63) is 33.4 Å². The van der Waals surface area contributed by atoms with Crippen molar-refractivity contribution in [3.8, 4) is 0 Å². The van der Waals surface area contributed by atoms with Gasteiger partial charge >= 0.3 is 0 Å². The first kappa shape index (κ1) is 18.8. The molecule has 0 heterocycles. The van der Waals surface area contributed by atoms with Gasteiger partial charge in [0, 0.05) is 16.5 Å². The molecule has 0 aliphatic rings. The average molecular weight is 422 g/mol. The minimum Gasteiger partial charge on any atom is -0.380 e. The van der Waals surface area contributed by atoms with Crippen LogP contribution in [0.2, 0.25) is 0 Å². The molecule has 0 saturated carbocycles. The number of aliphatic hydroxyl groups excluding tert-OH is 1. The minimum atomic E-state index is -1.42. The summed E-state index contributed by atoms with van der Waals surface area (Å²) in [5.41, 5.74) is 6.83. The molecule has 4 nitrogen and oxygen atoms in total. The Kier molecular flexibility index (Phi) is 9.34. The quantitative estimate of drug-likeness (QED) is 0.212. The fourth-order valence-electron chi connectivity index (χ4n) is 1.88. The summed E-state index contributed by atoms with van der Waals surface area (Å²) in [6, 6.07) is 7.91. The van der Waals surface area contributed by atoms with Gasteiger partial charge < -0.3 is 21.3 Å². The predicted octanol–water partition coefficient (Wildman–Crippen LogP) is 1.95. The summed E-state index contributed by atoms with van der Waals surface area (Å²) in [7, 11) is 0. The van der Waals surface area contributed by atoms with E-state index in [1.54, 1.807) is 0 Å². The second-order valence-corrected chi connectivity index (χ2v) is 6.79. The number of nitrogens with one attached hydrogen (secondary N) is 1. The van der Waals surface area contributed by atoms with Crippen molar-refractivity contribution >= 4 is 39.8 Å². The molecule has 0 aromatic heterocycles. The molecule has 0 spiro atoms. The van der Waals surface area contributed by atoms with Crippen LogP contribution in [-0.2, 0) is 6.42 Å². The summed E-state index contributed by atoms with van der Waals surface area (Å²) < 4.78 is 1.24. The molecule has 0 saturated heterocycles. The summed E-state index contributed by atoms with van der Waals surface area (Å²) >= 11 is 7.60. The van der Waals surface area contributed by atoms with Crippen LogP contribution in [0.4, 0.5) is 0 Å². The molecular weight excluding hydrogens is 399 g/mol. The van der Waals surface area contributed by atoms with Gasteiger partial charge in [-0.3, -0.25) is 0 Å². The van der Waals surface area contributed by atoms with Gasteiger partial charge in [-0.05, 0) is 66.0 Å². The first-order valence-electron chi connectivity index (χ1n) is 7.12. The highest BCUT2D eigenvalue weighted by atomic mass is 127. The Labute approximate surface area is 145 Å². The molecule has 0 aliphatic heterocycles. The predicted molar refractivity (Wildman–Crippen MR) is 98.1 cm³/mol. The third-order valence-electron chi connectivity index (χ3n) is 3.22. The number of halogens is 1. The Balaban J connectivity index is 2.07. The molecule has 1 aromatic rings. The van der Waals surface area contributed by atoms with Crippen molar-refractivity contribution in [2.75, 3.05) is 6.54 Å². The molecule has 0 aliphatic carbocycles. The Bertz CT molecular complexity index is 426. The van der Waals surface area contributed by atoms with Gasteiger partial charge in [-0.25, -0.2) is 0 Å². The molecule has 0 bridgehead atoms. The first-order chi connectivity index (χ1) is 9.99. The van der Waals surface area contributed by atoms with Gasteiger partial charge in [0.2, 0.25) is 0 Å². The molecule has 1 atom stereocenters. The molecule has 0 unspecified atom stereocenters. The van der Waals surface area contributed by atoms with Crippen LogP contribution in [0.15, 0.2) is 24.3 Å². The molecule has 118 valence electrons. The number of rotatable bonds is 9. The Hall–Kier alpha value is -0.280. The summed E-state index contributed by atoms with van der Waals surface area (Å²) in [4.78, 5) is 0.875. The first-order valence-corrected chi connectivity index (χ1v) is 8.60. The largest absolute Gasteiger partial charge is 0.380 e. The number of aliphatic hydroxyl groups is 2. The fourth-order valence-corrected chi connectivity index (χ4v) is 2.44. The van der Waals surface area contributed by atoms with Crippen LogP contribution in [0.3, 0.4) is 0 Å². The standard InChI is InChI=1S/C15H23IN2O2S/c16-12-7-4-11(5-8-12)6-9-14(21)18-10-2-1-3-13(17)15(19)20/h4-5,7-8,13,15,19-20H,1-3,6,9-10,17H2,(H,18,21)/t13-/m0/s1. The molecule has 21 heavy (non-hydrogen) atoms. The van der Waals surface area contributed by atoms with E-state index in [4.69, 9.17) is 28.2 Å². The highest BCUT2D eigenvalue weighted by Gasteiger charge is 2.09. The van der Waals surface area contributed by atoms with E-state index < -0.39 is 12.3 Å². The van der Waals surface area contributed by atoms with E-state index in [0.717, 1.165) is 37.2 Å². The number of nitrogens with two attached hydrogens (primary N) is 1. The summed E-state index contributed by atoms with van der Waals surface area (Å²) in [5, 5.41) is 20.9. The summed E-state index contributed by atoms with van der Waals surface area (Å²) in [5.74, 6) is 0. The van der Waals surface area contributed by atoms with Crippen LogP contribution in [0.5, 0.6) is 0 Å². The topological polar surface area (TPSA) is 78.5 Å². The zero-order valence-corrected chi connectivity index (χ0v) is 14.9. The highest BCUT2D eigenvalue weighted by molar-refractivity contribution is 14.1. The normalized spacial score (nSPS) is 12.4. The summed E-state index contributed by atoms with van der Waals surface area (Å²) in [6.07, 6.45) is 2.76. The lowest BCUT2D eigenvalue weighted by atomic mass is 10.1. The Morgan fingerprint density at radius 1 is 1.24 bits per heavy atom. The van der Waals surface area contributed by atoms with Crippen LogP contribution >= 0.6 is 34.8 Å². The Morgan fingerprint density at radius 3 is 2.52 bits per heavy atom. The van der Waals surface area contributed by atoms with Crippen molar-refractivity contribution in [2.24, 2.45) is 5.73 Å². The lowest BCUT2D eigenvalue weighted by Gasteiger charge is -2.13. The van der Waals surface area contributed by atoms with Crippen LogP contribution in [0.1, 0.15) is 31.2 Å². The van der Waals surface area contributed by atoms with Crippen molar-refractivity contribution < 1.29 is 10.2 Å². The van der Waals surface area contributed by atoms with E-state index >= 15 is 0 Å². The van der Waals surface area contributed by atoms with E-state index in [1.165, 1.54) is 9.13 Å². The van der Waals surface area contributed by atoms with Crippen molar-refractivity contribution in [2.45, 2.75) is 44.4 Å². The number of unbranched alkanes of at least 4 members (excludes halogenated alkanes) is 1. The van der Waals surface area contributed by atoms with Crippen LogP contribution < -0.4 is 11.1 Å². The molecule has 1 rings (SSSR count). The number of hydrogen-bond acceptors (Lipinski definition) is 4. The third-order valence-corrected chi connectivity index (χ3v) is 4.29. The van der Waals surface area contributed by atoms with Gasteiger partial charge in [-0.15, -0.1) is 0 Å². The van der Waals surface area contributed by atoms with E-state index in [1.807, 2.05) is 0 Å². The number of benzene rings is 1. The lowest BCUT2D eigenvalue weighted by molar-refractivity contribution is -0.0599. The van der Waals surface area contributed by atoms with Crippen molar-refractivity contribution in [1.82, 2.24) is 5.32 Å². The van der Waals surface area contributed by atoms with E-state index in [2.05, 4.69) is 52.2 Å². The maximum absolute atomic E-state index is 8.85. The van der Waals surface area contributed by atoms with E-state index in [0.29, 0.717) is 6.42 Å². The van der Waals surface area contributed by atoms with E-state index in [-0.39, 0.29) is 0 Å². The SMILES string of the molecule is N[C@@H](CCCCNC(=S)CCc1ccc(I)cc1)C(O)O. The number of thiocarbonyl (C=S) groups is 1. The molecular formula is C15H23IN2O2S. The molecule has 6 heteroatoms. The lowest BCUT2D eigenvalue weighted by Crippen LogP contribution is -2.34. The number of hydrogen-bond donors (Lipinski definition) is 4. The smallest absolute Gasteiger partial charge is 0.166 e. The second kappa shape index (κ2) is 10.4. The zero-order chi connectivity index (χ0) is 15.7. The van der Waals surface area contributed by atoms with Crippen molar-refractivity contribution in [3.63, 3.8) is 0 Å². The number of aryl methyl sites for hydroxylation is 1. The second-order valence-electron chi connectivity index (χ2n) is 5.05. The van der Waals surface area contributed by atoms with Gasteiger partial charge in [0.25, 0.3) is 0 Å². The summed E-state index contributed by atoms with van der Waals surface area (Å²) in [6.45, 7) is 0.805. The van der Waals surface area contributed by atoms with Crippen LogP contribution in [0, 0.1) is 3.57 Å². The van der Waals surface area contributed by atoms with Gasteiger partial charge in [0.05, 0.1) is 11.0 Å². The Morgan fingerprint density at radius 2 is 1.90 bits per heavy atom. The van der Waals surface area contributed by atoms with Gasteiger partial charge in [-0.2, -0.15) is 0 Å².